The molecule has 1 N–H and O–H groups in total. The molecule has 0 aliphatic rings. The highest BCUT2D eigenvalue weighted by molar-refractivity contribution is 7.85. The van der Waals surface area contributed by atoms with Gasteiger partial charge in [0.05, 0.1) is 12.2 Å². The molecule has 0 unspecified atom stereocenters. The molecule has 5 heteroatoms. The molecule has 0 aromatic carbocycles. The Morgan fingerprint density at radius 2 is 2.09 bits per heavy atom. The van der Waals surface area contributed by atoms with Gasteiger partial charge in [0.2, 0.25) is 0 Å². The molecule has 0 fully saturated rings. The highest BCUT2D eigenvalue weighted by Gasteiger charge is 2.07. The Hall–Kier alpha value is -0.860. The van der Waals surface area contributed by atoms with Crippen LogP contribution >= 0.6 is 0 Å². The Balaban J connectivity index is 3.75. The van der Waals surface area contributed by atoms with Crippen LogP contribution in [0.2, 0.25) is 0 Å². The number of carbonyl (C=O) groups is 1. The van der Waals surface area contributed by atoms with E-state index in [0.717, 1.165) is 0 Å². The molecule has 4 nitrogen and oxygen atoms in total. The highest BCUT2D eigenvalue weighted by atomic mass is 32.2. The minimum Gasteiger partial charge on any atom is -0.299 e. The molecule has 0 bridgehead atoms. The number of Topliss-reactive ketones (excluding diaryl/α,β-unsaturated/α-hetero) is 1. The second kappa shape index (κ2) is 4.11. The first-order valence-corrected chi connectivity index (χ1v) is 4.47. The van der Waals surface area contributed by atoms with Gasteiger partial charge in [-0.05, 0) is 0 Å². The van der Waals surface area contributed by atoms with E-state index in [4.69, 9.17) is 11.0 Å². The third-order valence-corrected chi connectivity index (χ3v) is 1.66. The lowest BCUT2D eigenvalue weighted by Gasteiger charge is -1.92. The molecule has 0 aromatic heterocycles. The Labute approximate surface area is 65.4 Å². The van der Waals surface area contributed by atoms with Crippen molar-refractivity contribution in [2.75, 3.05) is 5.75 Å². The molecule has 0 heterocycles. The van der Waals surface area contributed by atoms with Crippen LogP contribution in [0.3, 0.4) is 0 Å². The molecule has 0 radical (unpaired) electrons. The van der Waals surface area contributed by atoms with E-state index in [9.17, 15) is 13.2 Å². The summed E-state index contributed by atoms with van der Waals surface area (Å²) in [6.07, 6.45) is 4.48. The zero-order valence-electron chi connectivity index (χ0n) is 5.78. The molecule has 0 saturated carbocycles. The van der Waals surface area contributed by atoms with Gasteiger partial charge in [-0.15, -0.1) is 6.42 Å². The number of ketones is 1. The van der Waals surface area contributed by atoms with Gasteiger partial charge in [0.1, 0.15) is 5.78 Å². The van der Waals surface area contributed by atoms with Crippen molar-refractivity contribution >= 4 is 15.9 Å². The summed E-state index contributed by atoms with van der Waals surface area (Å²) >= 11 is 0. The van der Waals surface area contributed by atoms with Gasteiger partial charge in [-0.25, -0.2) is 0 Å². The molecule has 0 aliphatic heterocycles. The second-order valence-corrected chi connectivity index (χ2v) is 3.53. The lowest BCUT2D eigenvalue weighted by Crippen LogP contribution is -2.08. The van der Waals surface area contributed by atoms with Gasteiger partial charge in [-0.1, -0.05) is 5.92 Å². The number of hydrogen-bond acceptors (Lipinski definition) is 3. The summed E-state index contributed by atoms with van der Waals surface area (Å²) in [4.78, 5) is 10.6. The molecule has 0 atom stereocenters. The largest absolute Gasteiger partial charge is 0.299 e. The van der Waals surface area contributed by atoms with E-state index in [1.54, 1.807) is 0 Å². The van der Waals surface area contributed by atoms with Crippen molar-refractivity contribution in [2.24, 2.45) is 0 Å². The van der Waals surface area contributed by atoms with Crippen LogP contribution in [0.4, 0.5) is 0 Å². The molecule has 11 heavy (non-hydrogen) atoms. The molecule has 0 aromatic rings. The van der Waals surface area contributed by atoms with Crippen molar-refractivity contribution in [3.63, 3.8) is 0 Å². The summed E-state index contributed by atoms with van der Waals surface area (Å²) in [5.74, 6) is 1.17. The van der Waals surface area contributed by atoms with Gasteiger partial charge < -0.3 is 0 Å². The molecule has 0 rings (SSSR count). The van der Waals surface area contributed by atoms with Crippen LogP contribution in [0.1, 0.15) is 12.8 Å². The van der Waals surface area contributed by atoms with E-state index < -0.39 is 15.9 Å². The Morgan fingerprint density at radius 3 is 2.45 bits per heavy atom. The summed E-state index contributed by atoms with van der Waals surface area (Å²) in [6, 6.07) is 0. The van der Waals surface area contributed by atoms with Gasteiger partial charge in [-0.3, -0.25) is 9.35 Å². The number of carbonyl (C=O) groups excluding carboxylic acids is 1. The van der Waals surface area contributed by atoms with Crippen LogP contribution in [-0.4, -0.2) is 24.5 Å². The zero-order chi connectivity index (χ0) is 8.91. The van der Waals surface area contributed by atoms with Crippen LogP contribution in [0, 0.1) is 12.3 Å². The summed E-state index contributed by atoms with van der Waals surface area (Å²) in [7, 11) is -4.03. The summed E-state index contributed by atoms with van der Waals surface area (Å²) in [6.45, 7) is 0. The van der Waals surface area contributed by atoms with Gasteiger partial charge >= 0.3 is 0 Å². The average Bonchev–Trinajstić information content (AvgIpc) is 1.83. The van der Waals surface area contributed by atoms with Crippen LogP contribution in [0.5, 0.6) is 0 Å². The average molecular weight is 176 g/mol. The van der Waals surface area contributed by atoms with Crippen LogP contribution in [-0.2, 0) is 14.9 Å². The minimum atomic E-state index is -4.03. The molecule has 0 saturated heterocycles. The zero-order valence-corrected chi connectivity index (χ0v) is 6.60. The van der Waals surface area contributed by atoms with E-state index in [2.05, 4.69) is 5.92 Å². The SMILES string of the molecule is C#CCC(=O)CCS(=O)(=O)O. The molecule has 0 spiro atoms. The quantitative estimate of drug-likeness (QED) is 0.478. The van der Waals surface area contributed by atoms with Gasteiger partial charge in [0.25, 0.3) is 10.1 Å². The van der Waals surface area contributed by atoms with E-state index in [1.807, 2.05) is 0 Å². The van der Waals surface area contributed by atoms with Gasteiger partial charge in [0.15, 0.2) is 0 Å². The molecular weight excluding hydrogens is 168 g/mol. The van der Waals surface area contributed by atoms with Gasteiger partial charge in [-0.2, -0.15) is 8.42 Å². The maximum atomic E-state index is 10.6. The Morgan fingerprint density at radius 1 is 1.55 bits per heavy atom. The van der Waals surface area contributed by atoms with Crippen molar-refractivity contribution in [1.82, 2.24) is 0 Å². The van der Waals surface area contributed by atoms with Crippen LogP contribution in [0.15, 0.2) is 0 Å². The van der Waals surface area contributed by atoms with Gasteiger partial charge in [0, 0.05) is 6.42 Å². The molecule has 62 valence electrons. The van der Waals surface area contributed by atoms with E-state index in [-0.39, 0.29) is 18.6 Å². The van der Waals surface area contributed by atoms with E-state index >= 15 is 0 Å². The number of rotatable bonds is 4. The Bertz CT molecular complexity index is 269. The standard InChI is InChI=1S/C6H8O4S/c1-2-3-6(7)4-5-11(8,9)10/h1H,3-5H2,(H,8,9,10). The van der Waals surface area contributed by atoms with E-state index in [0.29, 0.717) is 0 Å². The molecular formula is C6H8O4S. The van der Waals surface area contributed by atoms with E-state index in [1.165, 1.54) is 0 Å². The minimum absolute atomic E-state index is 0.0878. The first-order valence-electron chi connectivity index (χ1n) is 2.86. The summed E-state index contributed by atoms with van der Waals surface area (Å²) < 4.78 is 28.4. The van der Waals surface area contributed by atoms with Crippen molar-refractivity contribution < 1.29 is 17.8 Å². The van der Waals surface area contributed by atoms with Crippen molar-refractivity contribution in [2.45, 2.75) is 12.8 Å². The Kier molecular flexibility index (Phi) is 3.79. The lowest BCUT2D eigenvalue weighted by atomic mass is 10.2. The van der Waals surface area contributed by atoms with Crippen molar-refractivity contribution in [1.29, 1.82) is 0 Å². The smallest absolute Gasteiger partial charge is 0.265 e. The third-order valence-electron chi connectivity index (χ3n) is 0.938. The third kappa shape index (κ3) is 7.03. The molecule has 0 aliphatic carbocycles. The fraction of sp³-hybridized carbons (Fsp3) is 0.500. The van der Waals surface area contributed by atoms with Crippen LogP contribution in [0.25, 0.3) is 0 Å². The first kappa shape index (κ1) is 10.1. The first-order chi connectivity index (χ1) is 4.95. The second-order valence-electron chi connectivity index (χ2n) is 1.96. The van der Waals surface area contributed by atoms with Crippen LogP contribution < -0.4 is 0 Å². The fourth-order valence-corrected chi connectivity index (χ4v) is 0.931. The summed E-state index contributed by atoms with van der Waals surface area (Å²) in [5, 5.41) is 0. The number of hydrogen-bond donors (Lipinski definition) is 1. The topological polar surface area (TPSA) is 71.4 Å². The maximum absolute atomic E-state index is 10.6. The lowest BCUT2D eigenvalue weighted by molar-refractivity contribution is -0.117. The fourth-order valence-electron chi connectivity index (χ4n) is 0.445. The van der Waals surface area contributed by atoms with Crippen molar-refractivity contribution in [3.8, 4) is 12.3 Å². The maximum Gasteiger partial charge on any atom is 0.265 e. The predicted molar refractivity (Wildman–Crippen MR) is 39.5 cm³/mol. The summed E-state index contributed by atoms with van der Waals surface area (Å²) in [5.41, 5.74) is 0. The molecule has 0 amide bonds. The monoisotopic (exact) mass is 176 g/mol. The van der Waals surface area contributed by atoms with Crippen molar-refractivity contribution in [3.05, 3.63) is 0 Å². The normalized spacial score (nSPS) is 10.5. The number of terminal acetylenes is 1. The highest BCUT2D eigenvalue weighted by Crippen LogP contribution is 1.92. The predicted octanol–water partition coefficient (Wildman–Crippen LogP) is -0.143.